The second-order valence-corrected chi connectivity index (χ2v) is 6.30. The molecule has 0 saturated carbocycles. The second-order valence-electron chi connectivity index (χ2n) is 4.41. The van der Waals surface area contributed by atoms with Crippen molar-refractivity contribution in [3.8, 4) is 0 Å². The van der Waals surface area contributed by atoms with E-state index in [0.29, 0.717) is 0 Å². The van der Waals surface area contributed by atoms with Crippen molar-refractivity contribution in [3.05, 3.63) is 18.0 Å². The summed E-state index contributed by atoms with van der Waals surface area (Å²) in [7, 11) is -2.34. The minimum Gasteiger partial charge on any atom is -0.477 e. The molecule has 0 atom stereocenters. The van der Waals surface area contributed by atoms with E-state index in [4.69, 9.17) is 10.2 Å². The summed E-state index contributed by atoms with van der Waals surface area (Å²) >= 11 is 0. The Bertz CT molecular complexity index is 562. The molecule has 19 heavy (non-hydrogen) atoms. The van der Waals surface area contributed by atoms with Gasteiger partial charge in [-0.05, 0) is 19.9 Å². The van der Waals surface area contributed by atoms with Crippen molar-refractivity contribution in [2.24, 2.45) is 7.05 Å². The molecule has 2 N–H and O–H groups in total. The number of hydrogen-bond acceptors (Lipinski definition) is 4. The molecule has 1 rings (SSSR count). The van der Waals surface area contributed by atoms with Gasteiger partial charge < -0.3 is 14.8 Å². The third kappa shape index (κ3) is 3.14. The molecule has 1 heterocycles. The second kappa shape index (κ2) is 5.72. The first-order chi connectivity index (χ1) is 8.71. The molecule has 1 aromatic rings. The number of rotatable bonds is 6. The van der Waals surface area contributed by atoms with Gasteiger partial charge in [0, 0.05) is 25.8 Å². The highest BCUT2D eigenvalue weighted by Gasteiger charge is 2.28. The zero-order valence-electron chi connectivity index (χ0n) is 11.1. The van der Waals surface area contributed by atoms with Crippen LogP contribution in [0.25, 0.3) is 0 Å². The maximum absolute atomic E-state index is 12.4. The van der Waals surface area contributed by atoms with E-state index in [2.05, 4.69) is 0 Å². The lowest BCUT2D eigenvalue weighted by Crippen LogP contribution is -2.38. The molecule has 0 radical (unpaired) electrons. The fourth-order valence-corrected chi connectivity index (χ4v) is 3.48. The lowest BCUT2D eigenvalue weighted by atomic mass is 10.4. The number of sulfonamides is 1. The van der Waals surface area contributed by atoms with Crippen LogP contribution >= 0.6 is 0 Å². The summed E-state index contributed by atoms with van der Waals surface area (Å²) < 4.78 is 27.1. The van der Waals surface area contributed by atoms with Crippen molar-refractivity contribution in [1.82, 2.24) is 8.87 Å². The predicted octanol–water partition coefficient (Wildman–Crippen LogP) is 0.115. The van der Waals surface area contributed by atoms with Crippen LogP contribution in [0.5, 0.6) is 0 Å². The minimum absolute atomic E-state index is 0.0305. The molecule has 0 aromatic carbocycles. The van der Waals surface area contributed by atoms with Gasteiger partial charge in [0.25, 0.3) is 0 Å². The summed E-state index contributed by atoms with van der Waals surface area (Å²) in [6, 6.07) is 0.787. The van der Waals surface area contributed by atoms with Gasteiger partial charge in [-0.1, -0.05) is 0 Å². The van der Waals surface area contributed by atoms with Crippen LogP contribution in [0.3, 0.4) is 0 Å². The number of aryl methyl sites for hydroxylation is 1. The quantitative estimate of drug-likeness (QED) is 0.775. The number of aliphatic hydroxyl groups excluding tert-OH is 1. The summed E-state index contributed by atoms with van der Waals surface area (Å²) in [5, 5.41) is 17.9. The van der Waals surface area contributed by atoms with E-state index in [0.717, 1.165) is 10.4 Å². The maximum atomic E-state index is 12.4. The number of carbonyl (C=O) groups is 1. The number of aromatic nitrogens is 1. The highest BCUT2D eigenvalue weighted by molar-refractivity contribution is 7.89. The van der Waals surface area contributed by atoms with Crippen LogP contribution in [-0.4, -0.2) is 52.7 Å². The average molecular weight is 290 g/mol. The Morgan fingerprint density at radius 3 is 2.42 bits per heavy atom. The molecule has 0 amide bonds. The van der Waals surface area contributed by atoms with Crippen molar-refractivity contribution < 1.29 is 23.4 Å². The summed E-state index contributed by atoms with van der Waals surface area (Å²) in [5.74, 6) is -1.19. The molecule has 0 bridgehead atoms. The van der Waals surface area contributed by atoms with Crippen LogP contribution in [0.15, 0.2) is 17.2 Å². The Hall–Kier alpha value is -1.38. The third-order valence-corrected chi connectivity index (χ3v) is 4.74. The van der Waals surface area contributed by atoms with Gasteiger partial charge in [0.05, 0.1) is 6.61 Å². The SMILES string of the molecule is CC(C)N(CCO)S(=O)(=O)c1cc(C(=O)O)n(C)c1. The number of hydrogen-bond donors (Lipinski definition) is 2. The van der Waals surface area contributed by atoms with E-state index in [1.54, 1.807) is 13.8 Å². The van der Waals surface area contributed by atoms with Crippen LogP contribution in [0.2, 0.25) is 0 Å². The Labute approximate surface area is 112 Å². The van der Waals surface area contributed by atoms with Crippen LogP contribution in [0.1, 0.15) is 24.3 Å². The molecule has 0 spiro atoms. The molecule has 0 aliphatic heterocycles. The molecule has 0 aliphatic carbocycles. The molecule has 1 aromatic heterocycles. The summed E-state index contributed by atoms with van der Waals surface area (Å²) in [6.07, 6.45) is 1.26. The Morgan fingerprint density at radius 2 is 2.05 bits per heavy atom. The normalized spacial score (nSPS) is 12.3. The monoisotopic (exact) mass is 290 g/mol. The van der Waals surface area contributed by atoms with Crippen LogP contribution < -0.4 is 0 Å². The first kappa shape index (κ1) is 15.7. The average Bonchev–Trinajstić information content (AvgIpc) is 2.68. The Kier molecular flexibility index (Phi) is 4.72. The lowest BCUT2D eigenvalue weighted by molar-refractivity contribution is 0.0686. The van der Waals surface area contributed by atoms with Crippen LogP contribution in [0, 0.1) is 0 Å². The third-order valence-electron chi connectivity index (χ3n) is 2.70. The van der Waals surface area contributed by atoms with Gasteiger partial charge in [-0.15, -0.1) is 0 Å². The van der Waals surface area contributed by atoms with E-state index >= 15 is 0 Å². The van der Waals surface area contributed by atoms with Crippen molar-refractivity contribution >= 4 is 16.0 Å². The van der Waals surface area contributed by atoms with Gasteiger partial charge in [-0.25, -0.2) is 13.2 Å². The van der Waals surface area contributed by atoms with Crippen LogP contribution in [0.4, 0.5) is 0 Å². The largest absolute Gasteiger partial charge is 0.477 e. The van der Waals surface area contributed by atoms with Gasteiger partial charge >= 0.3 is 5.97 Å². The number of aliphatic hydroxyl groups is 1. The van der Waals surface area contributed by atoms with Gasteiger partial charge in [0.2, 0.25) is 10.0 Å². The fourth-order valence-electron chi connectivity index (χ4n) is 1.78. The first-order valence-electron chi connectivity index (χ1n) is 5.74. The van der Waals surface area contributed by atoms with Crippen LogP contribution in [-0.2, 0) is 17.1 Å². The predicted molar refractivity (Wildman–Crippen MR) is 68.5 cm³/mol. The zero-order valence-corrected chi connectivity index (χ0v) is 11.9. The van der Waals surface area contributed by atoms with Gasteiger partial charge in [0.15, 0.2) is 0 Å². The van der Waals surface area contributed by atoms with Crippen molar-refractivity contribution in [3.63, 3.8) is 0 Å². The maximum Gasteiger partial charge on any atom is 0.352 e. The summed E-state index contributed by atoms with van der Waals surface area (Å²) in [4.78, 5) is 10.8. The number of carboxylic acids is 1. The van der Waals surface area contributed by atoms with Gasteiger partial charge in [-0.2, -0.15) is 4.31 Å². The molecule has 0 aliphatic rings. The van der Waals surface area contributed by atoms with E-state index < -0.39 is 16.0 Å². The molecule has 0 fully saturated rings. The van der Waals surface area contributed by atoms with E-state index in [1.165, 1.54) is 17.8 Å². The summed E-state index contributed by atoms with van der Waals surface area (Å²) in [5.41, 5.74) is -0.105. The van der Waals surface area contributed by atoms with E-state index in [9.17, 15) is 13.2 Å². The fraction of sp³-hybridized carbons (Fsp3) is 0.545. The number of carboxylic acid groups (broad SMARTS) is 1. The van der Waals surface area contributed by atoms with Crippen molar-refractivity contribution in [1.29, 1.82) is 0 Å². The minimum atomic E-state index is -3.81. The standard InChI is InChI=1S/C11H18N2O5S/c1-8(2)13(4-5-14)19(17,18)9-6-10(11(15)16)12(3)7-9/h6-8,14H,4-5H2,1-3H3,(H,15,16). The Balaban J connectivity index is 3.26. The summed E-state index contributed by atoms with van der Waals surface area (Å²) in [6.45, 7) is 3.05. The van der Waals surface area contributed by atoms with Gasteiger partial charge in [-0.3, -0.25) is 0 Å². The smallest absolute Gasteiger partial charge is 0.352 e. The first-order valence-corrected chi connectivity index (χ1v) is 7.18. The molecule has 0 saturated heterocycles. The molecule has 7 nitrogen and oxygen atoms in total. The molecule has 108 valence electrons. The molecule has 0 unspecified atom stereocenters. The topological polar surface area (TPSA) is 99.8 Å². The number of nitrogens with zero attached hydrogens (tertiary/aromatic N) is 2. The van der Waals surface area contributed by atoms with Crippen molar-refractivity contribution in [2.75, 3.05) is 13.2 Å². The van der Waals surface area contributed by atoms with Crippen molar-refractivity contribution in [2.45, 2.75) is 24.8 Å². The Morgan fingerprint density at radius 1 is 1.47 bits per heavy atom. The highest BCUT2D eigenvalue weighted by Crippen LogP contribution is 2.20. The van der Waals surface area contributed by atoms with Gasteiger partial charge in [0.1, 0.15) is 10.6 Å². The van der Waals surface area contributed by atoms with E-state index in [-0.39, 0.29) is 29.8 Å². The number of aromatic carboxylic acids is 1. The highest BCUT2D eigenvalue weighted by atomic mass is 32.2. The lowest BCUT2D eigenvalue weighted by Gasteiger charge is -2.24. The zero-order chi connectivity index (χ0) is 14.8. The van der Waals surface area contributed by atoms with E-state index in [1.807, 2.05) is 0 Å². The molecule has 8 heteroatoms. The molecular formula is C11H18N2O5S. The molecular weight excluding hydrogens is 272 g/mol.